The minimum absolute atomic E-state index is 0.0338. The van der Waals surface area contributed by atoms with E-state index < -0.39 is 6.10 Å². The van der Waals surface area contributed by atoms with E-state index in [9.17, 15) is 14.0 Å². The summed E-state index contributed by atoms with van der Waals surface area (Å²) in [5, 5.41) is 5.66. The predicted molar refractivity (Wildman–Crippen MR) is 103 cm³/mol. The lowest BCUT2D eigenvalue weighted by Crippen LogP contribution is -2.35. The Kier molecular flexibility index (Phi) is 7.34. The number of halogens is 1. The number of carbonyl (C=O) groups excluding carboxylic acids is 2. The number of hydrogen-bond donors (Lipinski definition) is 2. The van der Waals surface area contributed by atoms with E-state index in [1.807, 2.05) is 20.8 Å². The van der Waals surface area contributed by atoms with Gasteiger partial charge in [0.15, 0.2) is 6.10 Å². The molecule has 2 amide bonds. The van der Waals surface area contributed by atoms with Crippen LogP contribution in [0, 0.1) is 5.82 Å². The number of para-hydroxylation sites is 1. The Labute approximate surface area is 158 Å². The molecule has 0 bridgehead atoms. The smallest absolute Gasteiger partial charge is 0.265 e. The Morgan fingerprint density at radius 2 is 1.70 bits per heavy atom. The molecule has 0 aliphatic heterocycles. The first-order valence-electron chi connectivity index (χ1n) is 9.07. The van der Waals surface area contributed by atoms with Crippen molar-refractivity contribution in [2.75, 3.05) is 5.32 Å². The first kappa shape index (κ1) is 20.4. The van der Waals surface area contributed by atoms with Crippen LogP contribution >= 0.6 is 0 Å². The van der Waals surface area contributed by atoms with Crippen molar-refractivity contribution in [1.82, 2.24) is 5.32 Å². The molecule has 0 spiro atoms. The maximum atomic E-state index is 13.0. The van der Waals surface area contributed by atoms with Crippen molar-refractivity contribution in [3.8, 4) is 5.75 Å². The highest BCUT2D eigenvalue weighted by atomic mass is 19.1. The molecule has 2 rings (SSSR count). The van der Waals surface area contributed by atoms with Crippen LogP contribution in [0.2, 0.25) is 0 Å². The molecule has 2 atom stereocenters. The van der Waals surface area contributed by atoms with Gasteiger partial charge in [-0.1, -0.05) is 26.0 Å². The van der Waals surface area contributed by atoms with Gasteiger partial charge in [0.2, 0.25) is 0 Å². The molecule has 6 heteroatoms. The van der Waals surface area contributed by atoms with E-state index in [-0.39, 0.29) is 23.7 Å². The van der Waals surface area contributed by atoms with Crippen molar-refractivity contribution in [3.05, 3.63) is 59.9 Å². The summed E-state index contributed by atoms with van der Waals surface area (Å²) in [5.74, 6) is -0.583. The Balaban J connectivity index is 2.11. The van der Waals surface area contributed by atoms with Gasteiger partial charge < -0.3 is 15.4 Å². The summed E-state index contributed by atoms with van der Waals surface area (Å²) in [6, 6.07) is 12.3. The third-order valence-electron chi connectivity index (χ3n) is 4.17. The van der Waals surface area contributed by atoms with Gasteiger partial charge in [-0.2, -0.15) is 0 Å². The van der Waals surface area contributed by atoms with Gasteiger partial charge in [0.05, 0.1) is 11.3 Å². The van der Waals surface area contributed by atoms with E-state index in [0.717, 1.165) is 6.42 Å². The number of carbonyl (C=O) groups is 2. The van der Waals surface area contributed by atoms with Crippen molar-refractivity contribution in [2.45, 2.75) is 45.8 Å². The number of hydrogen-bond acceptors (Lipinski definition) is 3. The first-order chi connectivity index (χ1) is 12.9. The third kappa shape index (κ3) is 5.81. The molecule has 0 aliphatic rings. The molecule has 0 saturated carbocycles. The number of benzene rings is 2. The lowest BCUT2D eigenvalue weighted by atomic mass is 10.1. The molecule has 0 unspecified atom stereocenters. The molecule has 0 fully saturated rings. The van der Waals surface area contributed by atoms with Crippen LogP contribution in [-0.2, 0) is 4.79 Å². The van der Waals surface area contributed by atoms with Crippen molar-refractivity contribution in [1.29, 1.82) is 0 Å². The van der Waals surface area contributed by atoms with E-state index in [0.29, 0.717) is 23.4 Å². The standard InChI is InChI=1S/C21H25FN2O3/c1-4-14(3)23-20(25)17-8-6-7-9-18(17)24-21(26)19(5-2)27-16-12-10-15(22)11-13-16/h6-14,19H,4-5H2,1-3H3,(H,23,25)(H,24,26)/t14-,19+/m0/s1. The van der Waals surface area contributed by atoms with Crippen LogP contribution in [0.5, 0.6) is 5.75 Å². The van der Waals surface area contributed by atoms with Crippen LogP contribution in [0.15, 0.2) is 48.5 Å². The third-order valence-corrected chi connectivity index (χ3v) is 4.17. The second-order valence-corrected chi connectivity index (χ2v) is 6.29. The van der Waals surface area contributed by atoms with Crippen molar-refractivity contribution in [2.24, 2.45) is 0 Å². The van der Waals surface area contributed by atoms with Gasteiger partial charge in [-0.15, -0.1) is 0 Å². The van der Waals surface area contributed by atoms with Gasteiger partial charge in [-0.25, -0.2) is 4.39 Å². The topological polar surface area (TPSA) is 67.4 Å². The van der Waals surface area contributed by atoms with E-state index in [1.54, 1.807) is 24.3 Å². The van der Waals surface area contributed by atoms with Gasteiger partial charge in [-0.05, 0) is 56.2 Å². The number of nitrogens with one attached hydrogen (secondary N) is 2. The maximum absolute atomic E-state index is 13.0. The molecule has 27 heavy (non-hydrogen) atoms. The second-order valence-electron chi connectivity index (χ2n) is 6.29. The fourth-order valence-corrected chi connectivity index (χ4v) is 2.41. The fraction of sp³-hybridized carbons (Fsp3) is 0.333. The van der Waals surface area contributed by atoms with Gasteiger partial charge in [-0.3, -0.25) is 9.59 Å². The lowest BCUT2D eigenvalue weighted by Gasteiger charge is -2.19. The highest BCUT2D eigenvalue weighted by molar-refractivity contribution is 6.04. The molecule has 0 saturated heterocycles. The molecule has 0 aromatic heterocycles. The first-order valence-corrected chi connectivity index (χ1v) is 9.07. The van der Waals surface area contributed by atoms with E-state index in [4.69, 9.17) is 4.74 Å². The fourth-order valence-electron chi connectivity index (χ4n) is 2.41. The van der Waals surface area contributed by atoms with Crippen molar-refractivity contribution in [3.63, 3.8) is 0 Å². The lowest BCUT2D eigenvalue weighted by molar-refractivity contribution is -0.122. The van der Waals surface area contributed by atoms with Crippen LogP contribution in [0.1, 0.15) is 44.0 Å². The Bertz CT molecular complexity index is 777. The zero-order valence-electron chi connectivity index (χ0n) is 15.8. The number of rotatable bonds is 8. The van der Waals surface area contributed by atoms with Crippen molar-refractivity contribution < 1.29 is 18.7 Å². The zero-order chi connectivity index (χ0) is 19.8. The summed E-state index contributed by atoms with van der Waals surface area (Å²) in [7, 11) is 0. The Morgan fingerprint density at radius 3 is 2.33 bits per heavy atom. The molecule has 2 N–H and O–H groups in total. The van der Waals surface area contributed by atoms with Crippen LogP contribution < -0.4 is 15.4 Å². The zero-order valence-corrected chi connectivity index (χ0v) is 15.8. The normalized spacial score (nSPS) is 12.7. The van der Waals surface area contributed by atoms with Crippen LogP contribution in [0.25, 0.3) is 0 Å². The summed E-state index contributed by atoms with van der Waals surface area (Å²) in [4.78, 5) is 25.1. The molecule has 2 aromatic rings. The van der Waals surface area contributed by atoms with Gasteiger partial charge in [0, 0.05) is 6.04 Å². The van der Waals surface area contributed by atoms with Gasteiger partial charge >= 0.3 is 0 Å². The predicted octanol–water partition coefficient (Wildman–Crippen LogP) is 4.15. The summed E-state index contributed by atoms with van der Waals surface area (Å²) >= 11 is 0. The Morgan fingerprint density at radius 1 is 1.04 bits per heavy atom. The summed E-state index contributed by atoms with van der Waals surface area (Å²) in [6.45, 7) is 5.72. The summed E-state index contributed by atoms with van der Waals surface area (Å²) in [6.07, 6.45) is 0.467. The number of ether oxygens (including phenoxy) is 1. The van der Waals surface area contributed by atoms with Crippen LogP contribution in [0.4, 0.5) is 10.1 Å². The molecular formula is C21H25FN2O3. The maximum Gasteiger partial charge on any atom is 0.265 e. The highest BCUT2D eigenvalue weighted by Crippen LogP contribution is 2.18. The quantitative estimate of drug-likeness (QED) is 0.731. The summed E-state index contributed by atoms with van der Waals surface area (Å²) < 4.78 is 18.7. The van der Waals surface area contributed by atoms with Crippen LogP contribution in [-0.4, -0.2) is 24.0 Å². The van der Waals surface area contributed by atoms with Gasteiger partial charge in [0.1, 0.15) is 11.6 Å². The molecule has 144 valence electrons. The molecule has 0 aliphatic carbocycles. The van der Waals surface area contributed by atoms with E-state index in [1.165, 1.54) is 24.3 Å². The Hall–Kier alpha value is -2.89. The van der Waals surface area contributed by atoms with E-state index >= 15 is 0 Å². The minimum atomic E-state index is -0.763. The minimum Gasteiger partial charge on any atom is -0.481 e. The largest absolute Gasteiger partial charge is 0.481 e. The molecule has 0 heterocycles. The van der Waals surface area contributed by atoms with Crippen molar-refractivity contribution >= 4 is 17.5 Å². The molecule has 2 aromatic carbocycles. The monoisotopic (exact) mass is 372 g/mol. The molecule has 5 nitrogen and oxygen atoms in total. The summed E-state index contributed by atoms with van der Waals surface area (Å²) in [5.41, 5.74) is 0.812. The average molecular weight is 372 g/mol. The SMILES string of the molecule is CC[C@H](C)NC(=O)c1ccccc1NC(=O)[C@@H](CC)Oc1ccc(F)cc1. The average Bonchev–Trinajstić information content (AvgIpc) is 2.67. The van der Waals surface area contributed by atoms with Crippen LogP contribution in [0.3, 0.4) is 0 Å². The molecular weight excluding hydrogens is 347 g/mol. The molecule has 0 radical (unpaired) electrons. The number of anilines is 1. The second kappa shape index (κ2) is 9.71. The van der Waals surface area contributed by atoms with Gasteiger partial charge in [0.25, 0.3) is 11.8 Å². The number of amides is 2. The van der Waals surface area contributed by atoms with E-state index in [2.05, 4.69) is 10.6 Å². The highest BCUT2D eigenvalue weighted by Gasteiger charge is 2.21.